The summed E-state index contributed by atoms with van der Waals surface area (Å²) in [4.78, 5) is 34.1. The fraction of sp³-hybridized carbons (Fsp3) is 0.548. The molecule has 2 aromatic carbocycles. The summed E-state index contributed by atoms with van der Waals surface area (Å²) in [7, 11) is -3.63. The smallest absolute Gasteiger partial charge is 0.265 e. The first kappa shape index (κ1) is 31.4. The van der Waals surface area contributed by atoms with Gasteiger partial charge in [0.05, 0.1) is 27.8 Å². The van der Waals surface area contributed by atoms with E-state index in [-0.39, 0.29) is 40.8 Å². The number of aliphatic hydroxyl groups excluding tert-OH is 3. The minimum absolute atomic E-state index is 0.00136. The number of alkyl halides is 1. The van der Waals surface area contributed by atoms with Gasteiger partial charge in [-0.05, 0) is 42.7 Å². The van der Waals surface area contributed by atoms with E-state index >= 15 is 0 Å². The largest absolute Gasteiger partial charge is 0.385 e. The molecule has 0 spiro atoms. The quantitative estimate of drug-likeness (QED) is 0.318. The molecule has 5 atom stereocenters. The van der Waals surface area contributed by atoms with Crippen LogP contribution in [0.25, 0.3) is 0 Å². The second-order valence-electron chi connectivity index (χ2n) is 13.0. The SMILES string of the molecule is CS(=O)(=O)c1ccc(N2CC(CN3CCN(c4ccc(F)c5c4C(=O)N(C4CCC(O)NC4O)C5=O)CC3)C2)c2c1[C@H](O)[C@@H](F)C2. The van der Waals surface area contributed by atoms with Crippen LogP contribution in [-0.4, -0.2) is 122 Å². The Morgan fingerprint density at radius 1 is 0.913 bits per heavy atom. The van der Waals surface area contributed by atoms with E-state index in [0.717, 1.165) is 23.4 Å². The number of amides is 2. The molecule has 15 heteroatoms. The predicted octanol–water partition coefficient (Wildman–Crippen LogP) is 0.400. The summed E-state index contributed by atoms with van der Waals surface area (Å²) in [6, 6.07) is 4.95. The molecule has 0 radical (unpaired) electrons. The number of piperazine rings is 1. The van der Waals surface area contributed by atoms with Crippen molar-refractivity contribution in [2.75, 3.05) is 61.9 Å². The van der Waals surface area contributed by atoms with E-state index in [4.69, 9.17) is 0 Å². The summed E-state index contributed by atoms with van der Waals surface area (Å²) in [5.74, 6) is -1.92. The van der Waals surface area contributed by atoms with Crippen LogP contribution in [0.1, 0.15) is 50.8 Å². The normalized spacial score (nSPS) is 28.9. The van der Waals surface area contributed by atoms with Gasteiger partial charge in [0.1, 0.15) is 30.5 Å². The van der Waals surface area contributed by atoms with Gasteiger partial charge in [-0.15, -0.1) is 0 Å². The van der Waals surface area contributed by atoms with Crippen molar-refractivity contribution < 1.29 is 42.1 Å². The van der Waals surface area contributed by atoms with E-state index in [1.165, 1.54) is 18.2 Å². The monoisotopic (exact) mass is 661 g/mol. The minimum Gasteiger partial charge on any atom is -0.385 e. The van der Waals surface area contributed by atoms with Crippen molar-refractivity contribution in [1.82, 2.24) is 15.1 Å². The van der Waals surface area contributed by atoms with Crippen LogP contribution in [0.4, 0.5) is 20.2 Å². The summed E-state index contributed by atoms with van der Waals surface area (Å²) in [5, 5.41) is 33.1. The third kappa shape index (κ3) is 5.17. The Labute approximate surface area is 265 Å². The lowest BCUT2D eigenvalue weighted by atomic mass is 9.95. The van der Waals surface area contributed by atoms with E-state index in [1.807, 2.05) is 4.90 Å². The maximum atomic E-state index is 14.9. The minimum atomic E-state index is -3.63. The Kier molecular flexibility index (Phi) is 7.84. The number of hydrogen-bond donors (Lipinski definition) is 4. The highest BCUT2D eigenvalue weighted by molar-refractivity contribution is 7.90. The molecule has 1 aliphatic carbocycles. The fourth-order valence-electron chi connectivity index (χ4n) is 7.73. The molecule has 4 heterocycles. The molecule has 4 N–H and O–H groups in total. The van der Waals surface area contributed by atoms with Gasteiger partial charge in [0.2, 0.25) is 0 Å². The Morgan fingerprint density at radius 3 is 2.26 bits per heavy atom. The Bertz CT molecular complexity index is 1700. The second-order valence-corrected chi connectivity index (χ2v) is 15.0. The number of rotatable bonds is 6. The molecule has 46 heavy (non-hydrogen) atoms. The standard InChI is InChI=1S/C31H37F2N5O7S/c1-46(44,45)23-6-4-20(17-12-19(33)28(40)25(17)23)37-14-16(15-37)13-35-8-10-36(11-9-35)21-3-2-18(32)26-27(21)31(43)38(30(26)42)22-5-7-24(39)34-29(22)41/h2-4,6,16,19,22,24,28-29,34,39-41H,5,7-15H2,1H3/t19-,22?,24?,28+,29?/m0/s1. The molecule has 0 saturated carbocycles. The topological polar surface area (TPSA) is 154 Å². The number of anilines is 2. The molecular weight excluding hydrogens is 624 g/mol. The molecular formula is C31H37F2N5O7S. The van der Waals surface area contributed by atoms with Crippen molar-refractivity contribution in [3.8, 4) is 0 Å². The molecule has 3 fully saturated rings. The average molecular weight is 662 g/mol. The number of carbonyl (C=O) groups excluding carboxylic acids is 2. The highest BCUT2D eigenvalue weighted by atomic mass is 32.2. The first-order chi connectivity index (χ1) is 21.8. The van der Waals surface area contributed by atoms with Gasteiger partial charge in [-0.1, -0.05) is 0 Å². The van der Waals surface area contributed by atoms with Gasteiger partial charge >= 0.3 is 0 Å². The van der Waals surface area contributed by atoms with Crippen LogP contribution in [0.3, 0.4) is 0 Å². The predicted molar refractivity (Wildman–Crippen MR) is 163 cm³/mol. The number of nitrogens with zero attached hydrogens (tertiary/aromatic N) is 4. The van der Waals surface area contributed by atoms with Crippen molar-refractivity contribution in [2.24, 2.45) is 5.92 Å². The van der Waals surface area contributed by atoms with Gasteiger partial charge < -0.3 is 25.1 Å². The molecule has 248 valence electrons. The number of imide groups is 1. The Hall–Kier alpha value is -3.21. The van der Waals surface area contributed by atoms with E-state index < -0.39 is 58.2 Å². The van der Waals surface area contributed by atoms with Gasteiger partial charge in [0.15, 0.2) is 9.84 Å². The number of benzene rings is 2. The molecule has 4 aliphatic heterocycles. The second kappa shape index (κ2) is 11.5. The third-order valence-corrected chi connectivity index (χ3v) is 11.2. The maximum Gasteiger partial charge on any atom is 0.265 e. The summed E-state index contributed by atoms with van der Waals surface area (Å²) in [6.07, 6.45) is -3.86. The van der Waals surface area contributed by atoms with Crippen molar-refractivity contribution in [3.05, 3.63) is 52.3 Å². The lowest BCUT2D eigenvalue weighted by Crippen LogP contribution is -2.58. The van der Waals surface area contributed by atoms with E-state index in [2.05, 4.69) is 15.1 Å². The molecule has 2 aromatic rings. The maximum absolute atomic E-state index is 14.9. The Morgan fingerprint density at radius 2 is 1.59 bits per heavy atom. The van der Waals surface area contributed by atoms with Crippen molar-refractivity contribution in [3.63, 3.8) is 0 Å². The van der Waals surface area contributed by atoms with E-state index in [1.54, 1.807) is 6.07 Å². The molecule has 5 aliphatic rings. The van der Waals surface area contributed by atoms with Crippen LogP contribution in [0.5, 0.6) is 0 Å². The number of nitrogens with one attached hydrogen (secondary N) is 1. The summed E-state index contributed by atoms with van der Waals surface area (Å²) in [5.41, 5.74) is 1.67. The van der Waals surface area contributed by atoms with E-state index in [0.29, 0.717) is 56.4 Å². The van der Waals surface area contributed by atoms with Crippen LogP contribution >= 0.6 is 0 Å². The van der Waals surface area contributed by atoms with Crippen LogP contribution in [-0.2, 0) is 16.3 Å². The number of carbonyl (C=O) groups is 2. The number of halogens is 2. The van der Waals surface area contributed by atoms with Crippen LogP contribution in [0.15, 0.2) is 29.2 Å². The summed E-state index contributed by atoms with van der Waals surface area (Å²) >= 11 is 0. The van der Waals surface area contributed by atoms with Crippen LogP contribution in [0, 0.1) is 11.7 Å². The lowest BCUT2D eigenvalue weighted by molar-refractivity contribution is -0.0413. The zero-order chi connectivity index (χ0) is 32.7. The van der Waals surface area contributed by atoms with E-state index in [9.17, 15) is 42.1 Å². The summed E-state index contributed by atoms with van der Waals surface area (Å²) < 4.78 is 54.0. The lowest BCUT2D eigenvalue weighted by Gasteiger charge is -2.45. The Balaban J connectivity index is 0.993. The average Bonchev–Trinajstić information content (AvgIpc) is 3.43. The molecule has 3 unspecified atom stereocenters. The van der Waals surface area contributed by atoms with Gasteiger partial charge in [-0.2, -0.15) is 0 Å². The zero-order valence-electron chi connectivity index (χ0n) is 25.3. The van der Waals surface area contributed by atoms with Crippen LogP contribution in [0.2, 0.25) is 0 Å². The number of sulfone groups is 1. The zero-order valence-corrected chi connectivity index (χ0v) is 26.1. The highest BCUT2D eigenvalue weighted by Gasteiger charge is 2.48. The molecule has 3 saturated heterocycles. The number of piperidine rings is 1. The van der Waals surface area contributed by atoms with Crippen molar-refractivity contribution in [1.29, 1.82) is 0 Å². The third-order valence-electron chi connectivity index (χ3n) is 10.0. The van der Waals surface area contributed by atoms with Crippen molar-refractivity contribution in [2.45, 2.75) is 54.9 Å². The van der Waals surface area contributed by atoms with Gasteiger partial charge in [0.25, 0.3) is 11.8 Å². The van der Waals surface area contributed by atoms with Crippen molar-refractivity contribution >= 4 is 33.0 Å². The molecule has 12 nitrogen and oxygen atoms in total. The van der Waals surface area contributed by atoms with Gasteiger partial charge in [-0.3, -0.25) is 24.7 Å². The number of hydrogen-bond acceptors (Lipinski definition) is 11. The first-order valence-corrected chi connectivity index (χ1v) is 17.5. The fourth-order valence-corrected chi connectivity index (χ4v) is 8.69. The molecule has 0 bridgehead atoms. The molecule has 7 rings (SSSR count). The molecule has 0 aromatic heterocycles. The number of aliphatic hydroxyl groups is 3. The molecule has 2 amide bonds. The first-order valence-electron chi connectivity index (χ1n) is 15.6. The highest BCUT2D eigenvalue weighted by Crippen LogP contribution is 2.44. The van der Waals surface area contributed by atoms with Gasteiger partial charge in [-0.25, -0.2) is 17.2 Å². The summed E-state index contributed by atoms with van der Waals surface area (Å²) in [6.45, 7) is 4.65. The number of fused-ring (bicyclic) bond motifs is 2. The van der Waals surface area contributed by atoms with Crippen LogP contribution < -0.4 is 15.1 Å². The van der Waals surface area contributed by atoms with Gasteiger partial charge in [0, 0.05) is 75.7 Å².